The van der Waals surface area contributed by atoms with Crippen LogP contribution >= 0.6 is 0 Å². The molecule has 1 atom stereocenters. The largest absolute Gasteiger partial charge is 0.493 e. The summed E-state index contributed by atoms with van der Waals surface area (Å²) < 4.78 is 16.4. The molecule has 3 aromatic rings. The Hall–Kier alpha value is -4.17. The number of carboxylic acids is 1. The third-order valence-corrected chi connectivity index (χ3v) is 5.62. The first-order valence-electron chi connectivity index (χ1n) is 11.2. The normalized spacial score (nSPS) is 13.5. The van der Waals surface area contributed by atoms with Crippen molar-refractivity contribution in [2.24, 2.45) is 0 Å². The molecule has 8 heteroatoms. The second kappa shape index (κ2) is 10.8. The van der Waals surface area contributed by atoms with Crippen LogP contribution in [0.5, 0.6) is 11.5 Å². The van der Waals surface area contributed by atoms with E-state index in [4.69, 9.17) is 19.3 Å². The van der Waals surface area contributed by atoms with E-state index in [9.17, 15) is 14.4 Å². The Balaban J connectivity index is 1.21. The highest BCUT2D eigenvalue weighted by Crippen LogP contribution is 2.29. The SMILES string of the molecule is COC(Cc1ccc(OCCCOc2ccc(N3C(=O)c4ccccc4C3=O)cc2)cc1)C(=O)O. The number of carbonyl (C=O) groups excluding carboxylic acids is 2. The summed E-state index contributed by atoms with van der Waals surface area (Å²) in [6.07, 6.45) is 0.0546. The molecule has 4 rings (SSSR count). The molecule has 1 N–H and O–H groups in total. The van der Waals surface area contributed by atoms with Gasteiger partial charge in [-0.05, 0) is 54.1 Å². The Morgan fingerprint density at radius 2 is 1.34 bits per heavy atom. The zero-order valence-electron chi connectivity index (χ0n) is 19.2. The molecule has 8 nitrogen and oxygen atoms in total. The van der Waals surface area contributed by atoms with Gasteiger partial charge in [0.25, 0.3) is 11.8 Å². The van der Waals surface area contributed by atoms with Crippen LogP contribution in [0.3, 0.4) is 0 Å². The number of carbonyl (C=O) groups is 3. The Kier molecular flexibility index (Phi) is 7.42. The number of nitrogens with zero attached hydrogens (tertiary/aromatic N) is 1. The van der Waals surface area contributed by atoms with Gasteiger partial charge in [-0.1, -0.05) is 24.3 Å². The lowest BCUT2D eigenvalue weighted by atomic mass is 10.1. The number of carboxylic acid groups (broad SMARTS) is 1. The first kappa shape index (κ1) is 24.0. The molecule has 1 aliphatic rings. The van der Waals surface area contributed by atoms with Crippen molar-refractivity contribution < 1.29 is 33.7 Å². The van der Waals surface area contributed by atoms with Gasteiger partial charge >= 0.3 is 5.97 Å². The van der Waals surface area contributed by atoms with Crippen molar-refractivity contribution in [2.75, 3.05) is 25.2 Å². The minimum absolute atomic E-state index is 0.283. The lowest BCUT2D eigenvalue weighted by Crippen LogP contribution is -2.29. The van der Waals surface area contributed by atoms with Crippen LogP contribution in [0.1, 0.15) is 32.7 Å². The van der Waals surface area contributed by atoms with E-state index < -0.39 is 12.1 Å². The van der Waals surface area contributed by atoms with Crippen LogP contribution in [0.2, 0.25) is 0 Å². The van der Waals surface area contributed by atoms with Gasteiger partial charge in [-0.2, -0.15) is 0 Å². The maximum absolute atomic E-state index is 12.6. The van der Waals surface area contributed by atoms with E-state index in [2.05, 4.69) is 0 Å². The number of ether oxygens (including phenoxy) is 3. The Morgan fingerprint density at radius 3 is 1.83 bits per heavy atom. The van der Waals surface area contributed by atoms with E-state index >= 15 is 0 Å². The lowest BCUT2D eigenvalue weighted by Gasteiger charge is -2.14. The molecule has 0 fully saturated rings. The van der Waals surface area contributed by atoms with Gasteiger partial charge in [-0.3, -0.25) is 9.59 Å². The van der Waals surface area contributed by atoms with E-state index in [-0.39, 0.29) is 18.2 Å². The molecule has 0 spiro atoms. The average molecular weight is 475 g/mol. The Labute approximate surface area is 202 Å². The first-order valence-corrected chi connectivity index (χ1v) is 11.2. The summed E-state index contributed by atoms with van der Waals surface area (Å²) in [5.41, 5.74) is 2.16. The van der Waals surface area contributed by atoms with E-state index in [1.54, 1.807) is 60.7 Å². The summed E-state index contributed by atoms with van der Waals surface area (Å²) in [5, 5.41) is 9.07. The molecule has 0 aliphatic carbocycles. The van der Waals surface area contributed by atoms with Gasteiger partial charge in [-0.25, -0.2) is 9.69 Å². The Bertz CT molecular complexity index is 1170. The quantitative estimate of drug-likeness (QED) is 0.331. The van der Waals surface area contributed by atoms with Gasteiger partial charge in [-0.15, -0.1) is 0 Å². The number of rotatable bonds is 11. The van der Waals surface area contributed by atoms with Crippen LogP contribution in [0.15, 0.2) is 72.8 Å². The molecule has 0 saturated heterocycles. The summed E-state index contributed by atoms with van der Waals surface area (Å²) in [4.78, 5) is 37.4. The van der Waals surface area contributed by atoms with Gasteiger partial charge in [0.1, 0.15) is 11.5 Å². The van der Waals surface area contributed by atoms with Crippen molar-refractivity contribution in [1.82, 2.24) is 0 Å². The monoisotopic (exact) mass is 475 g/mol. The van der Waals surface area contributed by atoms with Crippen molar-refractivity contribution in [3.63, 3.8) is 0 Å². The molecule has 35 heavy (non-hydrogen) atoms. The van der Waals surface area contributed by atoms with E-state index in [1.807, 2.05) is 12.1 Å². The first-order chi connectivity index (χ1) is 17.0. The molecule has 1 aliphatic heterocycles. The number of imide groups is 1. The fourth-order valence-electron chi connectivity index (χ4n) is 3.76. The van der Waals surface area contributed by atoms with Gasteiger partial charge < -0.3 is 19.3 Å². The molecule has 0 saturated carbocycles. The van der Waals surface area contributed by atoms with Crippen molar-refractivity contribution in [2.45, 2.75) is 18.9 Å². The van der Waals surface area contributed by atoms with E-state index in [1.165, 1.54) is 12.0 Å². The van der Waals surface area contributed by atoms with Crippen molar-refractivity contribution >= 4 is 23.5 Å². The minimum Gasteiger partial charge on any atom is -0.493 e. The number of amides is 2. The van der Waals surface area contributed by atoms with E-state index in [0.717, 1.165) is 5.56 Å². The number of fused-ring (bicyclic) bond motifs is 1. The molecule has 0 aromatic heterocycles. The molecule has 0 bridgehead atoms. The summed E-state index contributed by atoms with van der Waals surface area (Å²) >= 11 is 0. The van der Waals surface area contributed by atoms with Crippen molar-refractivity contribution in [1.29, 1.82) is 0 Å². The summed E-state index contributed by atoms with van der Waals surface area (Å²) in [6, 6.07) is 20.8. The van der Waals surface area contributed by atoms with Crippen molar-refractivity contribution in [3.05, 3.63) is 89.5 Å². The van der Waals surface area contributed by atoms with Crippen LogP contribution in [0.25, 0.3) is 0 Å². The molecule has 180 valence electrons. The second-order valence-corrected chi connectivity index (χ2v) is 7.95. The number of hydrogen-bond donors (Lipinski definition) is 1. The molecular formula is C27H25NO7. The fraction of sp³-hybridized carbons (Fsp3) is 0.222. The third kappa shape index (κ3) is 5.50. The zero-order valence-corrected chi connectivity index (χ0v) is 19.2. The molecular weight excluding hydrogens is 450 g/mol. The molecule has 0 radical (unpaired) electrons. The maximum Gasteiger partial charge on any atom is 0.333 e. The van der Waals surface area contributed by atoms with Crippen LogP contribution < -0.4 is 14.4 Å². The van der Waals surface area contributed by atoms with Gasteiger partial charge in [0.05, 0.1) is 30.0 Å². The van der Waals surface area contributed by atoms with Gasteiger partial charge in [0, 0.05) is 20.0 Å². The van der Waals surface area contributed by atoms with Gasteiger partial charge in [0.2, 0.25) is 0 Å². The van der Waals surface area contributed by atoms with Crippen molar-refractivity contribution in [3.8, 4) is 11.5 Å². The number of hydrogen-bond acceptors (Lipinski definition) is 6. The third-order valence-electron chi connectivity index (χ3n) is 5.62. The summed E-state index contributed by atoms with van der Waals surface area (Å²) in [5.74, 6) is -0.343. The number of anilines is 1. The Morgan fingerprint density at radius 1 is 0.829 bits per heavy atom. The zero-order chi connectivity index (χ0) is 24.8. The highest BCUT2D eigenvalue weighted by molar-refractivity contribution is 6.34. The average Bonchev–Trinajstić information content (AvgIpc) is 3.13. The van der Waals surface area contributed by atoms with Gasteiger partial charge in [0.15, 0.2) is 6.10 Å². The topological polar surface area (TPSA) is 102 Å². The molecule has 1 heterocycles. The van der Waals surface area contributed by atoms with Crippen LogP contribution in [0.4, 0.5) is 5.69 Å². The smallest absolute Gasteiger partial charge is 0.333 e. The van der Waals surface area contributed by atoms with Crippen LogP contribution in [0, 0.1) is 0 Å². The number of methoxy groups -OCH3 is 1. The highest BCUT2D eigenvalue weighted by atomic mass is 16.5. The fourth-order valence-corrected chi connectivity index (χ4v) is 3.76. The number of benzene rings is 3. The predicted molar refractivity (Wildman–Crippen MR) is 128 cm³/mol. The highest BCUT2D eigenvalue weighted by Gasteiger charge is 2.36. The second-order valence-electron chi connectivity index (χ2n) is 7.95. The van der Waals surface area contributed by atoms with E-state index in [0.29, 0.717) is 47.9 Å². The molecule has 3 aromatic carbocycles. The number of aliphatic carboxylic acids is 1. The molecule has 2 amide bonds. The lowest BCUT2D eigenvalue weighted by molar-refractivity contribution is -0.148. The minimum atomic E-state index is -0.994. The summed E-state index contributed by atoms with van der Waals surface area (Å²) in [7, 11) is 1.38. The van der Waals surface area contributed by atoms with Crippen LogP contribution in [-0.4, -0.2) is 49.3 Å². The standard InChI is InChI=1S/C27H25NO7/c1-33-24(27(31)32)17-18-7-11-20(12-8-18)34-15-4-16-35-21-13-9-19(10-14-21)28-25(29)22-5-2-3-6-23(22)26(28)30/h2-3,5-14,24H,4,15-17H2,1H3,(H,31,32). The summed E-state index contributed by atoms with van der Waals surface area (Å²) in [6.45, 7) is 0.876. The molecule has 1 unspecified atom stereocenters. The maximum atomic E-state index is 12.6. The van der Waals surface area contributed by atoms with Crippen LogP contribution in [-0.2, 0) is 16.0 Å². The predicted octanol–water partition coefficient (Wildman–Crippen LogP) is 3.98.